The summed E-state index contributed by atoms with van der Waals surface area (Å²) in [5.41, 5.74) is 0.660. The molecule has 1 aromatic carbocycles. The minimum Gasteiger partial charge on any atom is -0.450 e. The van der Waals surface area contributed by atoms with Gasteiger partial charge in [-0.15, -0.1) is 0 Å². The molecule has 0 spiro atoms. The molecule has 0 radical (unpaired) electrons. The summed E-state index contributed by atoms with van der Waals surface area (Å²) < 4.78 is 18.9. The number of benzene rings is 1. The van der Waals surface area contributed by atoms with E-state index in [1.165, 1.54) is 11.0 Å². The van der Waals surface area contributed by atoms with Gasteiger partial charge in [-0.1, -0.05) is 12.1 Å². The molecule has 1 heterocycles. The van der Waals surface area contributed by atoms with Crippen LogP contribution in [0.4, 0.5) is 14.9 Å². The van der Waals surface area contributed by atoms with Gasteiger partial charge in [-0.05, 0) is 38.3 Å². The molecule has 0 aromatic heterocycles. The Kier molecular flexibility index (Phi) is 5.35. The van der Waals surface area contributed by atoms with Gasteiger partial charge in [-0.2, -0.15) is 0 Å². The highest BCUT2D eigenvalue weighted by atomic mass is 19.1. The van der Waals surface area contributed by atoms with Crippen molar-refractivity contribution < 1.29 is 18.7 Å². The SMILES string of the molecule is CCOC(=O)N1CCCC(C(=O)Nc2cccc(C)c2F)C1. The van der Waals surface area contributed by atoms with Crippen LogP contribution in [0, 0.1) is 18.7 Å². The Bertz CT molecular complexity index is 562. The molecule has 0 bridgehead atoms. The molecule has 1 aromatic rings. The van der Waals surface area contributed by atoms with E-state index in [2.05, 4.69) is 5.32 Å². The van der Waals surface area contributed by atoms with Crippen molar-refractivity contribution in [1.82, 2.24) is 4.90 Å². The molecule has 1 unspecified atom stereocenters. The molecule has 1 saturated heterocycles. The van der Waals surface area contributed by atoms with Crippen LogP contribution < -0.4 is 5.32 Å². The van der Waals surface area contributed by atoms with Crippen molar-refractivity contribution in [3.63, 3.8) is 0 Å². The van der Waals surface area contributed by atoms with Gasteiger partial charge in [0.05, 0.1) is 18.2 Å². The normalized spacial score (nSPS) is 18.0. The smallest absolute Gasteiger partial charge is 0.409 e. The summed E-state index contributed by atoms with van der Waals surface area (Å²) in [5, 5.41) is 2.62. The van der Waals surface area contributed by atoms with Crippen LogP contribution in [0.5, 0.6) is 0 Å². The van der Waals surface area contributed by atoms with Crippen molar-refractivity contribution in [2.45, 2.75) is 26.7 Å². The summed E-state index contributed by atoms with van der Waals surface area (Å²) in [5.74, 6) is -1.04. The van der Waals surface area contributed by atoms with Gasteiger partial charge in [0.1, 0.15) is 5.82 Å². The molecule has 2 amide bonds. The number of rotatable bonds is 3. The highest BCUT2D eigenvalue weighted by molar-refractivity contribution is 5.93. The lowest BCUT2D eigenvalue weighted by atomic mass is 9.97. The Labute approximate surface area is 129 Å². The van der Waals surface area contributed by atoms with Crippen molar-refractivity contribution in [2.75, 3.05) is 25.0 Å². The summed E-state index contributed by atoms with van der Waals surface area (Å²) in [6.45, 7) is 4.58. The van der Waals surface area contributed by atoms with Crippen LogP contribution in [0.3, 0.4) is 0 Å². The van der Waals surface area contributed by atoms with Crippen molar-refractivity contribution in [3.05, 3.63) is 29.6 Å². The van der Waals surface area contributed by atoms with E-state index in [1.807, 2.05) is 0 Å². The Morgan fingerprint density at radius 1 is 1.45 bits per heavy atom. The van der Waals surface area contributed by atoms with Crippen molar-refractivity contribution in [3.8, 4) is 0 Å². The van der Waals surface area contributed by atoms with Gasteiger partial charge < -0.3 is 15.0 Å². The molecule has 1 aliphatic heterocycles. The molecule has 0 saturated carbocycles. The minimum atomic E-state index is -0.422. The van der Waals surface area contributed by atoms with E-state index < -0.39 is 11.9 Å². The number of nitrogens with one attached hydrogen (secondary N) is 1. The van der Waals surface area contributed by atoms with Crippen LogP contribution in [0.1, 0.15) is 25.3 Å². The molecule has 1 fully saturated rings. The number of nitrogens with zero attached hydrogens (tertiary/aromatic N) is 1. The number of likely N-dealkylation sites (tertiary alicyclic amines) is 1. The maximum Gasteiger partial charge on any atom is 0.409 e. The van der Waals surface area contributed by atoms with Gasteiger partial charge >= 0.3 is 6.09 Å². The third kappa shape index (κ3) is 3.75. The maximum absolute atomic E-state index is 13.9. The molecule has 120 valence electrons. The number of halogens is 1. The van der Waals surface area contributed by atoms with Gasteiger partial charge in [0.2, 0.25) is 5.91 Å². The summed E-state index contributed by atoms with van der Waals surface area (Å²) in [4.78, 5) is 25.6. The standard InChI is InChI=1S/C16H21FN2O3/c1-3-22-16(21)19-9-5-7-12(10-19)15(20)18-13-8-4-6-11(2)14(13)17/h4,6,8,12H,3,5,7,9-10H2,1-2H3,(H,18,20). The first-order valence-corrected chi connectivity index (χ1v) is 7.50. The molecule has 1 atom stereocenters. The zero-order valence-corrected chi connectivity index (χ0v) is 12.9. The summed E-state index contributed by atoms with van der Waals surface area (Å²) in [6, 6.07) is 4.88. The molecular formula is C16H21FN2O3. The third-order valence-corrected chi connectivity index (χ3v) is 3.77. The summed E-state index contributed by atoms with van der Waals surface area (Å²) >= 11 is 0. The molecule has 5 nitrogen and oxygen atoms in total. The Balaban J connectivity index is 2.00. The Hall–Kier alpha value is -2.11. The first kappa shape index (κ1) is 16.3. The van der Waals surface area contributed by atoms with E-state index >= 15 is 0 Å². The molecule has 1 N–H and O–H groups in total. The third-order valence-electron chi connectivity index (χ3n) is 3.77. The van der Waals surface area contributed by atoms with Crippen LogP contribution in [0.25, 0.3) is 0 Å². The van der Waals surface area contributed by atoms with Crippen molar-refractivity contribution >= 4 is 17.7 Å². The van der Waals surface area contributed by atoms with E-state index in [1.54, 1.807) is 26.0 Å². The number of carbonyl (C=O) groups is 2. The number of piperidine rings is 1. The Morgan fingerprint density at radius 2 is 2.23 bits per heavy atom. The first-order chi connectivity index (χ1) is 10.5. The second-order valence-corrected chi connectivity index (χ2v) is 5.41. The quantitative estimate of drug-likeness (QED) is 0.934. The van der Waals surface area contributed by atoms with Gasteiger partial charge in [-0.3, -0.25) is 4.79 Å². The average Bonchev–Trinajstić information content (AvgIpc) is 2.52. The number of hydrogen-bond donors (Lipinski definition) is 1. The molecule has 0 aliphatic carbocycles. The van der Waals surface area contributed by atoms with E-state index in [-0.39, 0.29) is 17.5 Å². The number of ether oxygens (including phenoxy) is 1. The zero-order valence-electron chi connectivity index (χ0n) is 12.9. The first-order valence-electron chi connectivity index (χ1n) is 7.50. The van der Waals surface area contributed by atoms with Crippen molar-refractivity contribution in [1.29, 1.82) is 0 Å². The molecule has 1 aliphatic rings. The fraction of sp³-hybridized carbons (Fsp3) is 0.500. The van der Waals surface area contributed by atoms with E-state index in [9.17, 15) is 14.0 Å². The highest BCUT2D eigenvalue weighted by Gasteiger charge is 2.29. The van der Waals surface area contributed by atoms with Crippen LogP contribution >= 0.6 is 0 Å². The van der Waals surface area contributed by atoms with E-state index in [0.29, 0.717) is 31.7 Å². The van der Waals surface area contributed by atoms with E-state index in [0.717, 1.165) is 6.42 Å². The number of amides is 2. The molecule has 6 heteroatoms. The second-order valence-electron chi connectivity index (χ2n) is 5.41. The van der Waals surface area contributed by atoms with Crippen LogP contribution in [0.15, 0.2) is 18.2 Å². The highest BCUT2D eigenvalue weighted by Crippen LogP contribution is 2.22. The van der Waals surface area contributed by atoms with Crippen LogP contribution in [-0.4, -0.2) is 36.6 Å². The van der Waals surface area contributed by atoms with Gasteiger partial charge in [0, 0.05) is 13.1 Å². The van der Waals surface area contributed by atoms with E-state index in [4.69, 9.17) is 4.74 Å². The lowest BCUT2D eigenvalue weighted by Gasteiger charge is -2.31. The fourth-order valence-electron chi connectivity index (χ4n) is 2.55. The maximum atomic E-state index is 13.9. The van der Waals surface area contributed by atoms with Gasteiger partial charge in [0.25, 0.3) is 0 Å². The predicted octanol–water partition coefficient (Wildman–Crippen LogP) is 2.94. The lowest BCUT2D eigenvalue weighted by molar-refractivity contribution is -0.121. The minimum absolute atomic E-state index is 0.179. The number of aryl methyl sites for hydroxylation is 1. The molecular weight excluding hydrogens is 287 g/mol. The van der Waals surface area contributed by atoms with Crippen LogP contribution in [0.2, 0.25) is 0 Å². The van der Waals surface area contributed by atoms with Gasteiger partial charge in [0.15, 0.2) is 0 Å². The molecule has 22 heavy (non-hydrogen) atoms. The lowest BCUT2D eigenvalue weighted by Crippen LogP contribution is -2.44. The summed E-state index contributed by atoms with van der Waals surface area (Å²) in [6.07, 6.45) is 1.00. The number of hydrogen-bond acceptors (Lipinski definition) is 3. The predicted molar refractivity (Wildman–Crippen MR) is 81.1 cm³/mol. The number of carbonyl (C=O) groups excluding carboxylic acids is 2. The molecule has 2 rings (SSSR count). The fourth-order valence-corrected chi connectivity index (χ4v) is 2.55. The van der Waals surface area contributed by atoms with Gasteiger partial charge in [-0.25, -0.2) is 9.18 Å². The topological polar surface area (TPSA) is 58.6 Å². The van der Waals surface area contributed by atoms with Crippen molar-refractivity contribution in [2.24, 2.45) is 5.92 Å². The summed E-state index contributed by atoms with van der Waals surface area (Å²) in [7, 11) is 0. The van der Waals surface area contributed by atoms with Crippen LogP contribution in [-0.2, 0) is 9.53 Å². The largest absolute Gasteiger partial charge is 0.450 e. The second kappa shape index (κ2) is 7.24. The average molecular weight is 308 g/mol. The zero-order chi connectivity index (χ0) is 16.1. The number of anilines is 1. The Morgan fingerprint density at radius 3 is 2.95 bits per heavy atom. The monoisotopic (exact) mass is 308 g/mol.